The van der Waals surface area contributed by atoms with E-state index in [1.807, 2.05) is 31.2 Å². The number of nitrogens with zero attached hydrogens (tertiary/aromatic N) is 1. The van der Waals surface area contributed by atoms with Crippen LogP contribution in [0.4, 0.5) is 13.2 Å². The number of halogens is 4. The first-order valence-corrected chi connectivity index (χ1v) is 17.3. The van der Waals surface area contributed by atoms with Crippen molar-refractivity contribution in [3.8, 4) is 5.75 Å². The van der Waals surface area contributed by atoms with Crippen LogP contribution < -0.4 is 4.74 Å². The van der Waals surface area contributed by atoms with E-state index < -0.39 is 31.8 Å². The standard InChI is InChI=1S/C30H43F3INO3/c1-8-9-20-35(7)29(23(3)11-10-22(2)26(36)30(31,32)33)16-18-34(19-17-29)27(37)24-12-14-25(15-13-24)38-21-28(4,5)6/h10-15H,8-9,16-21H2,1-7H3/b22-10+,23-11+. The van der Waals surface area contributed by atoms with E-state index in [0.717, 1.165) is 58.0 Å². The first-order valence-electron chi connectivity index (χ1n) is 13.2. The Bertz CT molecular complexity index is 1010. The molecular weight excluding hydrogens is 606 g/mol. The molecule has 0 atom stereocenters. The van der Waals surface area contributed by atoms with Crippen LogP contribution in [0.3, 0.4) is 0 Å². The molecule has 0 amide bonds. The van der Waals surface area contributed by atoms with Gasteiger partial charge in [-0.15, -0.1) is 0 Å². The van der Waals surface area contributed by atoms with E-state index >= 15 is 0 Å². The molecule has 1 aliphatic heterocycles. The number of hydrogen-bond donors (Lipinski definition) is 0. The monoisotopic (exact) mass is 649 g/mol. The van der Waals surface area contributed by atoms with E-state index in [4.69, 9.17) is 4.74 Å². The van der Waals surface area contributed by atoms with Crippen molar-refractivity contribution in [2.75, 3.05) is 29.1 Å². The summed E-state index contributed by atoms with van der Waals surface area (Å²) in [4.78, 5) is 27.3. The number of ketones is 1. The van der Waals surface area contributed by atoms with Crippen molar-refractivity contribution in [1.29, 1.82) is 0 Å². The average molecular weight is 650 g/mol. The molecular formula is C30H43F3INO3. The Morgan fingerprint density at radius 3 is 2.13 bits per heavy atom. The van der Waals surface area contributed by atoms with Crippen molar-refractivity contribution >= 4 is 29.4 Å². The number of hydrogen-bond acceptors (Lipinski definition) is 4. The number of unbranched alkanes of at least 4 members (excludes halogenated alkanes) is 1. The zero-order valence-electron chi connectivity index (χ0n) is 23.8. The first kappa shape index (κ1) is 32.5. The molecule has 1 fully saturated rings. The van der Waals surface area contributed by atoms with Crippen LogP contribution in [0.1, 0.15) is 77.6 Å². The summed E-state index contributed by atoms with van der Waals surface area (Å²) in [6, 6.07) is 7.46. The van der Waals surface area contributed by atoms with Crippen LogP contribution in [-0.2, 0) is 4.79 Å². The second-order valence-corrected chi connectivity index (χ2v) is 17.1. The molecule has 0 spiro atoms. The zero-order valence-corrected chi connectivity index (χ0v) is 26.0. The average Bonchev–Trinajstić information content (AvgIpc) is 2.87. The van der Waals surface area contributed by atoms with Gasteiger partial charge in [-0.1, -0.05) is 0 Å². The Kier molecular flexibility index (Phi) is 11.6. The van der Waals surface area contributed by atoms with Crippen LogP contribution in [0, 0.1) is 5.41 Å². The molecule has 214 valence electrons. The molecule has 0 saturated carbocycles. The zero-order chi connectivity index (χ0) is 28.7. The summed E-state index contributed by atoms with van der Waals surface area (Å²) in [5.41, 5.74) is 1.08. The number of allylic oxidation sites excluding steroid dienone is 3. The summed E-state index contributed by atoms with van der Waals surface area (Å²) in [6.45, 7) is 13.1. The molecule has 0 aliphatic carbocycles. The fourth-order valence-corrected chi connectivity index (χ4v) is 10.3. The van der Waals surface area contributed by atoms with Crippen molar-refractivity contribution in [3.05, 3.63) is 53.1 Å². The van der Waals surface area contributed by atoms with Crippen LogP contribution in [-0.4, -0.2) is 55.2 Å². The van der Waals surface area contributed by atoms with E-state index in [1.54, 1.807) is 6.08 Å². The van der Waals surface area contributed by atoms with Gasteiger partial charge in [0.25, 0.3) is 0 Å². The van der Waals surface area contributed by atoms with E-state index in [1.165, 1.54) is 13.0 Å². The van der Waals surface area contributed by atoms with E-state index in [0.29, 0.717) is 6.61 Å². The topological polar surface area (TPSA) is 46.6 Å². The van der Waals surface area contributed by atoms with Crippen molar-refractivity contribution < 1.29 is 27.5 Å². The normalized spacial score (nSPS) is 18.0. The Labute approximate surface area is 233 Å². The number of Topliss-reactive ketones (excluding diaryl/α,β-unsaturated/α-hetero) is 1. The van der Waals surface area contributed by atoms with Crippen molar-refractivity contribution in [1.82, 2.24) is 4.90 Å². The van der Waals surface area contributed by atoms with Crippen LogP contribution in [0.15, 0.2) is 47.6 Å². The van der Waals surface area contributed by atoms with Crippen LogP contribution in [0.25, 0.3) is 0 Å². The molecule has 0 radical (unpaired) electrons. The molecule has 1 heterocycles. The summed E-state index contributed by atoms with van der Waals surface area (Å²) >= 11 is -1.94. The number of rotatable bonds is 11. The van der Waals surface area contributed by atoms with Gasteiger partial charge in [0.1, 0.15) is 0 Å². The Morgan fingerprint density at radius 1 is 1.05 bits per heavy atom. The SMILES string of the molecule is CCCCN(C)C1(/C(C)=C/C=C(\C)C(=O)C(F)(F)F)CCI(C(=O)c2ccc(OCC(C)(C)C)cc2)CC1. The Balaban J connectivity index is 2.19. The van der Waals surface area contributed by atoms with Gasteiger partial charge in [0.2, 0.25) is 0 Å². The van der Waals surface area contributed by atoms with Gasteiger partial charge in [0.05, 0.1) is 0 Å². The molecule has 1 aromatic carbocycles. The van der Waals surface area contributed by atoms with Crippen molar-refractivity contribution in [2.24, 2.45) is 5.41 Å². The molecule has 2 rings (SSSR count). The first-order chi connectivity index (χ1) is 17.6. The fourth-order valence-electron chi connectivity index (χ4n) is 4.46. The van der Waals surface area contributed by atoms with Gasteiger partial charge in [0.15, 0.2) is 0 Å². The maximum absolute atomic E-state index is 13.4. The number of ether oxygens (including phenoxy) is 1. The molecule has 0 aromatic heterocycles. The maximum atomic E-state index is 13.4. The van der Waals surface area contributed by atoms with E-state index in [-0.39, 0.29) is 20.3 Å². The molecule has 0 unspecified atom stereocenters. The van der Waals surface area contributed by atoms with Gasteiger partial charge in [-0.05, 0) is 0 Å². The molecule has 1 aromatic rings. The van der Waals surface area contributed by atoms with Gasteiger partial charge >= 0.3 is 234 Å². The third-order valence-electron chi connectivity index (χ3n) is 6.98. The number of carbonyl (C=O) groups excluding carboxylic acids is 2. The van der Waals surface area contributed by atoms with Crippen LogP contribution >= 0.6 is 19.8 Å². The second kappa shape index (κ2) is 13.6. The van der Waals surface area contributed by atoms with Crippen LogP contribution in [0.2, 0.25) is 0 Å². The number of likely N-dealkylation sites (N-methyl/N-ethyl adjacent to an activating group) is 1. The van der Waals surface area contributed by atoms with E-state index in [2.05, 4.69) is 39.6 Å². The minimum atomic E-state index is -4.88. The van der Waals surface area contributed by atoms with Gasteiger partial charge in [0, 0.05) is 0 Å². The second-order valence-electron chi connectivity index (χ2n) is 11.3. The van der Waals surface area contributed by atoms with Gasteiger partial charge in [-0.2, -0.15) is 0 Å². The molecule has 38 heavy (non-hydrogen) atoms. The summed E-state index contributed by atoms with van der Waals surface area (Å²) < 4.78 is 46.3. The molecule has 8 heteroatoms. The third-order valence-corrected chi connectivity index (χ3v) is 12.7. The van der Waals surface area contributed by atoms with Crippen molar-refractivity contribution in [2.45, 2.75) is 78.9 Å². The van der Waals surface area contributed by atoms with Gasteiger partial charge < -0.3 is 0 Å². The Hall–Kier alpha value is -1.68. The molecule has 0 N–H and O–H groups in total. The summed E-state index contributed by atoms with van der Waals surface area (Å²) in [5, 5.41) is 0. The summed E-state index contributed by atoms with van der Waals surface area (Å²) in [5.74, 6) is -1.05. The summed E-state index contributed by atoms with van der Waals surface area (Å²) in [6.07, 6.45) is 1.72. The predicted molar refractivity (Wildman–Crippen MR) is 158 cm³/mol. The number of alkyl halides is 5. The molecule has 0 bridgehead atoms. The summed E-state index contributed by atoms with van der Waals surface area (Å²) in [7, 11) is 2.06. The molecule has 4 nitrogen and oxygen atoms in total. The number of benzene rings is 1. The quantitative estimate of drug-likeness (QED) is 0.0801. The van der Waals surface area contributed by atoms with Crippen LogP contribution in [0.5, 0.6) is 5.75 Å². The minimum absolute atomic E-state index is 0.0517. The Morgan fingerprint density at radius 2 is 1.63 bits per heavy atom. The number of carbonyl (C=O) groups is 2. The third kappa shape index (κ3) is 8.93. The van der Waals surface area contributed by atoms with Crippen molar-refractivity contribution in [3.63, 3.8) is 0 Å². The predicted octanol–water partition coefficient (Wildman–Crippen LogP) is 8.05. The fraction of sp³-hybridized carbons (Fsp3) is 0.600. The van der Waals surface area contributed by atoms with Gasteiger partial charge in [-0.25, -0.2) is 0 Å². The molecule has 1 aliphatic rings. The molecule has 1 saturated heterocycles. The van der Waals surface area contributed by atoms with Gasteiger partial charge in [-0.3, -0.25) is 0 Å². The van der Waals surface area contributed by atoms with E-state index in [9.17, 15) is 22.8 Å².